The lowest BCUT2D eigenvalue weighted by molar-refractivity contribution is 0.175. The number of aliphatic hydroxyl groups is 1. The molecule has 0 aromatic carbocycles. The van der Waals surface area contributed by atoms with Gasteiger partial charge in [0.05, 0.1) is 6.10 Å². The highest BCUT2D eigenvalue weighted by atomic mass is 35.5. The van der Waals surface area contributed by atoms with Crippen molar-refractivity contribution in [2.75, 3.05) is 13.1 Å². The SMILES string of the molecule is OC1CCN(Cc2cnc(Cl)cc2Cl)C1. The first-order chi connectivity index (χ1) is 7.15. The van der Waals surface area contributed by atoms with Crippen molar-refractivity contribution in [2.45, 2.75) is 19.1 Å². The van der Waals surface area contributed by atoms with Crippen LogP contribution in [-0.4, -0.2) is 34.2 Å². The molecule has 82 valence electrons. The normalized spacial score (nSPS) is 22.2. The topological polar surface area (TPSA) is 36.4 Å². The first-order valence-electron chi connectivity index (χ1n) is 4.85. The van der Waals surface area contributed by atoms with Gasteiger partial charge in [0, 0.05) is 36.4 Å². The maximum atomic E-state index is 9.38. The summed E-state index contributed by atoms with van der Waals surface area (Å²) in [6.45, 7) is 2.33. The average molecular weight is 247 g/mol. The summed E-state index contributed by atoms with van der Waals surface area (Å²) in [7, 11) is 0. The van der Waals surface area contributed by atoms with Gasteiger partial charge in [-0.25, -0.2) is 4.98 Å². The predicted molar refractivity (Wildman–Crippen MR) is 60.2 cm³/mol. The molecule has 15 heavy (non-hydrogen) atoms. The Bertz CT molecular complexity index is 359. The third-order valence-electron chi connectivity index (χ3n) is 2.54. The number of aliphatic hydroxyl groups excluding tert-OH is 1. The summed E-state index contributed by atoms with van der Waals surface area (Å²) in [6, 6.07) is 1.64. The molecule has 0 bridgehead atoms. The fourth-order valence-corrected chi connectivity index (χ4v) is 2.17. The Kier molecular flexibility index (Phi) is 3.46. The molecular weight excluding hydrogens is 235 g/mol. The van der Waals surface area contributed by atoms with Crippen LogP contribution in [-0.2, 0) is 6.54 Å². The highest BCUT2D eigenvalue weighted by molar-refractivity contribution is 6.34. The number of pyridine rings is 1. The summed E-state index contributed by atoms with van der Waals surface area (Å²) in [5.41, 5.74) is 0.954. The molecule has 0 radical (unpaired) electrons. The molecule has 5 heteroatoms. The lowest BCUT2D eigenvalue weighted by Gasteiger charge is -2.15. The molecule has 1 aliphatic rings. The van der Waals surface area contributed by atoms with Crippen LogP contribution >= 0.6 is 23.2 Å². The molecule has 1 aromatic rings. The van der Waals surface area contributed by atoms with E-state index in [1.54, 1.807) is 12.3 Å². The molecule has 0 amide bonds. The Morgan fingerprint density at radius 2 is 2.33 bits per heavy atom. The van der Waals surface area contributed by atoms with Gasteiger partial charge in [0.2, 0.25) is 0 Å². The second-order valence-electron chi connectivity index (χ2n) is 3.78. The number of aromatic nitrogens is 1. The van der Waals surface area contributed by atoms with E-state index in [0.717, 1.165) is 25.1 Å². The largest absolute Gasteiger partial charge is 0.392 e. The van der Waals surface area contributed by atoms with Crippen molar-refractivity contribution in [2.24, 2.45) is 0 Å². The number of nitrogens with zero attached hydrogens (tertiary/aromatic N) is 2. The second kappa shape index (κ2) is 4.66. The van der Waals surface area contributed by atoms with Gasteiger partial charge >= 0.3 is 0 Å². The Morgan fingerprint density at radius 3 is 2.93 bits per heavy atom. The van der Waals surface area contributed by atoms with E-state index >= 15 is 0 Å². The maximum absolute atomic E-state index is 9.38. The molecule has 0 spiro atoms. The molecule has 1 saturated heterocycles. The van der Waals surface area contributed by atoms with Crippen LogP contribution in [0.15, 0.2) is 12.3 Å². The van der Waals surface area contributed by atoms with E-state index in [9.17, 15) is 5.11 Å². The fraction of sp³-hybridized carbons (Fsp3) is 0.500. The fourth-order valence-electron chi connectivity index (χ4n) is 1.75. The number of β-amino-alcohol motifs (C(OH)–C–C–N with tert-alkyl or cyclic N) is 1. The third kappa shape index (κ3) is 2.82. The number of rotatable bonds is 2. The Balaban J connectivity index is 2.04. The van der Waals surface area contributed by atoms with Crippen molar-refractivity contribution >= 4 is 23.2 Å². The Morgan fingerprint density at radius 1 is 1.53 bits per heavy atom. The van der Waals surface area contributed by atoms with Crippen LogP contribution in [0.2, 0.25) is 10.2 Å². The quantitative estimate of drug-likeness (QED) is 0.811. The van der Waals surface area contributed by atoms with Crippen LogP contribution in [0, 0.1) is 0 Å². The van der Waals surface area contributed by atoms with Crippen LogP contribution in [0.4, 0.5) is 0 Å². The highest BCUT2D eigenvalue weighted by Crippen LogP contribution is 2.21. The molecule has 1 unspecified atom stereocenters. The van der Waals surface area contributed by atoms with Crippen molar-refractivity contribution in [3.05, 3.63) is 28.0 Å². The van der Waals surface area contributed by atoms with Crippen LogP contribution in [0.3, 0.4) is 0 Å². The Hall–Kier alpha value is -0.350. The van der Waals surface area contributed by atoms with E-state index < -0.39 is 0 Å². The molecule has 1 fully saturated rings. The van der Waals surface area contributed by atoms with Crippen molar-refractivity contribution in [1.82, 2.24) is 9.88 Å². The lowest BCUT2D eigenvalue weighted by Crippen LogP contribution is -2.21. The molecule has 1 aliphatic heterocycles. The van der Waals surface area contributed by atoms with Gasteiger partial charge in [-0.3, -0.25) is 4.90 Å². The number of halogens is 2. The summed E-state index contributed by atoms with van der Waals surface area (Å²) in [5.74, 6) is 0. The summed E-state index contributed by atoms with van der Waals surface area (Å²) in [6.07, 6.45) is 2.32. The molecule has 1 N–H and O–H groups in total. The second-order valence-corrected chi connectivity index (χ2v) is 4.57. The van der Waals surface area contributed by atoms with Crippen molar-refractivity contribution in [3.8, 4) is 0 Å². The van der Waals surface area contributed by atoms with E-state index in [1.165, 1.54) is 0 Å². The van der Waals surface area contributed by atoms with Crippen molar-refractivity contribution in [1.29, 1.82) is 0 Å². The van der Waals surface area contributed by atoms with Gasteiger partial charge in [-0.1, -0.05) is 23.2 Å². The zero-order valence-corrected chi connectivity index (χ0v) is 9.67. The minimum atomic E-state index is -0.205. The van der Waals surface area contributed by atoms with E-state index in [1.807, 2.05) is 0 Å². The summed E-state index contributed by atoms with van der Waals surface area (Å²) >= 11 is 11.7. The van der Waals surface area contributed by atoms with Gasteiger partial charge in [-0.05, 0) is 12.5 Å². The molecule has 2 heterocycles. The monoisotopic (exact) mass is 246 g/mol. The van der Waals surface area contributed by atoms with Gasteiger partial charge in [0.25, 0.3) is 0 Å². The van der Waals surface area contributed by atoms with Crippen molar-refractivity contribution < 1.29 is 5.11 Å². The van der Waals surface area contributed by atoms with Crippen LogP contribution in [0.25, 0.3) is 0 Å². The molecule has 3 nitrogen and oxygen atoms in total. The predicted octanol–water partition coefficient (Wildman–Crippen LogP) is 1.95. The summed E-state index contributed by atoms with van der Waals surface area (Å²) in [4.78, 5) is 6.15. The number of likely N-dealkylation sites (tertiary alicyclic amines) is 1. The van der Waals surface area contributed by atoms with Crippen LogP contribution in [0.5, 0.6) is 0 Å². The smallest absolute Gasteiger partial charge is 0.130 e. The average Bonchev–Trinajstić information content (AvgIpc) is 2.56. The van der Waals surface area contributed by atoms with Crippen LogP contribution in [0.1, 0.15) is 12.0 Å². The summed E-state index contributed by atoms with van der Waals surface area (Å²) < 4.78 is 0. The van der Waals surface area contributed by atoms with Gasteiger partial charge in [-0.15, -0.1) is 0 Å². The highest BCUT2D eigenvalue weighted by Gasteiger charge is 2.20. The van der Waals surface area contributed by atoms with Gasteiger partial charge in [-0.2, -0.15) is 0 Å². The van der Waals surface area contributed by atoms with E-state index in [2.05, 4.69) is 9.88 Å². The van der Waals surface area contributed by atoms with Gasteiger partial charge < -0.3 is 5.11 Å². The van der Waals surface area contributed by atoms with Gasteiger partial charge in [0.1, 0.15) is 5.15 Å². The third-order valence-corrected chi connectivity index (χ3v) is 3.10. The molecule has 2 rings (SSSR count). The first-order valence-corrected chi connectivity index (χ1v) is 5.61. The minimum Gasteiger partial charge on any atom is -0.392 e. The molecule has 0 saturated carbocycles. The zero-order valence-electron chi connectivity index (χ0n) is 8.16. The first kappa shape index (κ1) is 11.1. The minimum absolute atomic E-state index is 0.205. The lowest BCUT2D eigenvalue weighted by atomic mass is 10.2. The molecular formula is C10H12Cl2N2O. The summed E-state index contributed by atoms with van der Waals surface area (Å²) in [5, 5.41) is 10.4. The molecule has 0 aliphatic carbocycles. The Labute approximate surface area is 98.6 Å². The van der Waals surface area contributed by atoms with Gasteiger partial charge in [0.15, 0.2) is 0 Å². The van der Waals surface area contributed by atoms with Crippen molar-refractivity contribution in [3.63, 3.8) is 0 Å². The zero-order chi connectivity index (χ0) is 10.8. The van der Waals surface area contributed by atoms with E-state index in [0.29, 0.717) is 16.7 Å². The maximum Gasteiger partial charge on any atom is 0.130 e. The molecule has 1 atom stereocenters. The molecule has 1 aromatic heterocycles. The van der Waals surface area contributed by atoms with E-state index in [4.69, 9.17) is 23.2 Å². The number of hydrogen-bond donors (Lipinski definition) is 1. The van der Waals surface area contributed by atoms with E-state index in [-0.39, 0.29) is 6.10 Å². The standard InChI is InChI=1S/C10H12Cl2N2O/c11-9-3-10(12)13-4-7(9)5-14-2-1-8(15)6-14/h3-4,8,15H,1-2,5-6H2. The number of hydrogen-bond acceptors (Lipinski definition) is 3. The van der Waals surface area contributed by atoms with Crippen LogP contribution < -0.4 is 0 Å².